The number of aliphatic carboxylic acids is 1. The highest BCUT2D eigenvalue weighted by molar-refractivity contribution is 8.00. The molecule has 2 aromatic rings. The second kappa shape index (κ2) is 17.2. The van der Waals surface area contributed by atoms with E-state index in [0.717, 1.165) is 12.2 Å². The average molecular weight is 485 g/mol. The van der Waals surface area contributed by atoms with Crippen LogP contribution in [0.2, 0.25) is 0 Å². The quantitative estimate of drug-likeness (QED) is 0.374. The smallest absolute Gasteiger partial charge is 0.338 e. The molecule has 0 spiro atoms. The minimum atomic E-state index is -0.764. The van der Waals surface area contributed by atoms with Crippen LogP contribution >= 0.6 is 11.8 Å². The van der Waals surface area contributed by atoms with Gasteiger partial charge in [-0.15, -0.1) is 13.2 Å². The molecule has 1 heterocycles. The average Bonchev–Trinajstić information content (AvgIpc) is 3.30. The van der Waals surface area contributed by atoms with E-state index in [1.807, 2.05) is 19.1 Å². The van der Waals surface area contributed by atoms with Gasteiger partial charge in [-0.25, -0.2) is 9.59 Å². The maximum atomic E-state index is 12.2. The third-order valence-corrected chi connectivity index (χ3v) is 5.71. The largest absolute Gasteiger partial charge is 0.481 e. The fraction of sp³-hybridized carbons (Fsp3) is 0.296. The number of carbonyl (C=O) groups is 3. The summed E-state index contributed by atoms with van der Waals surface area (Å²) in [5.41, 5.74) is 1.06. The van der Waals surface area contributed by atoms with Crippen molar-refractivity contribution in [1.82, 2.24) is 0 Å². The maximum Gasteiger partial charge on any atom is 0.338 e. The highest BCUT2D eigenvalue weighted by Crippen LogP contribution is 2.30. The molecule has 3 rings (SSSR count). The standard InChI is InChI=1S/C19H18O4S.C5H8O2.C3H6/c20-18(14-7-3-1-4-8-14)22-13-17-16(11-12-24-17)23-19(21)15-9-5-2-6-10-15;1-2-3-4-5(6)7;1-3-2/h1-10,16-17H,11-13H2;2H,1,3-4H2,(H,6,7);3H,1H2,2H3. The van der Waals surface area contributed by atoms with Gasteiger partial charge in [-0.05, 0) is 49.8 Å². The summed E-state index contributed by atoms with van der Waals surface area (Å²) in [6.07, 6.45) is 4.65. The molecule has 0 aromatic heterocycles. The number of ether oxygens (including phenoxy) is 2. The molecular formula is C27H32O6S. The minimum absolute atomic E-state index is 0.0228. The lowest BCUT2D eigenvalue weighted by Crippen LogP contribution is -2.29. The molecule has 182 valence electrons. The monoisotopic (exact) mass is 484 g/mol. The van der Waals surface area contributed by atoms with Crippen LogP contribution in [0, 0.1) is 0 Å². The predicted octanol–water partition coefficient (Wildman–Crippen LogP) is 5.80. The first-order chi connectivity index (χ1) is 16.4. The van der Waals surface area contributed by atoms with Gasteiger partial charge in [0.25, 0.3) is 0 Å². The molecule has 6 nitrogen and oxygen atoms in total. The molecular weight excluding hydrogens is 452 g/mol. The van der Waals surface area contributed by atoms with Crippen LogP contribution in [0.5, 0.6) is 0 Å². The number of thioether (sulfide) groups is 1. The second-order valence-corrected chi connectivity index (χ2v) is 8.45. The highest BCUT2D eigenvalue weighted by atomic mass is 32.2. The molecule has 2 atom stereocenters. The molecule has 2 aromatic carbocycles. The van der Waals surface area contributed by atoms with Crippen molar-refractivity contribution in [3.8, 4) is 0 Å². The van der Waals surface area contributed by atoms with Gasteiger partial charge < -0.3 is 14.6 Å². The molecule has 0 bridgehead atoms. The lowest BCUT2D eigenvalue weighted by molar-refractivity contribution is -0.136. The summed E-state index contributed by atoms with van der Waals surface area (Å²) in [6, 6.07) is 17.8. The summed E-state index contributed by atoms with van der Waals surface area (Å²) in [6.45, 7) is 8.86. The molecule has 1 fully saturated rings. The fourth-order valence-corrected chi connectivity index (χ4v) is 3.98. The van der Waals surface area contributed by atoms with Crippen molar-refractivity contribution in [2.75, 3.05) is 12.4 Å². The first-order valence-corrected chi connectivity index (χ1v) is 12.0. The second-order valence-electron chi connectivity index (χ2n) is 7.10. The SMILES string of the molecule is C=CC.C=CCCC(=O)O.O=C(OCC1SCCC1OC(=O)c1ccccc1)c1ccccc1. The number of carboxylic acids is 1. The van der Waals surface area contributed by atoms with Crippen LogP contribution in [0.25, 0.3) is 0 Å². The van der Waals surface area contributed by atoms with E-state index >= 15 is 0 Å². The zero-order valence-corrected chi connectivity index (χ0v) is 20.2. The van der Waals surface area contributed by atoms with E-state index < -0.39 is 5.97 Å². The van der Waals surface area contributed by atoms with Crippen LogP contribution in [0.3, 0.4) is 0 Å². The van der Waals surface area contributed by atoms with Gasteiger partial charge in [0.2, 0.25) is 0 Å². The highest BCUT2D eigenvalue weighted by Gasteiger charge is 2.32. The summed E-state index contributed by atoms with van der Waals surface area (Å²) in [5.74, 6) is -0.557. The minimum Gasteiger partial charge on any atom is -0.481 e. The van der Waals surface area contributed by atoms with Crippen molar-refractivity contribution in [2.45, 2.75) is 37.5 Å². The lowest BCUT2D eigenvalue weighted by atomic mass is 10.2. The topological polar surface area (TPSA) is 89.9 Å². The Hall–Kier alpha value is -3.32. The van der Waals surface area contributed by atoms with Gasteiger partial charge in [0.1, 0.15) is 12.7 Å². The van der Waals surface area contributed by atoms with Crippen LogP contribution < -0.4 is 0 Å². The zero-order chi connectivity index (χ0) is 25.2. The number of allylic oxidation sites excluding steroid dienone is 2. The Kier molecular flexibility index (Phi) is 14.5. The molecule has 0 amide bonds. The number of carbonyl (C=O) groups excluding carboxylic acids is 2. The number of benzene rings is 2. The summed E-state index contributed by atoms with van der Waals surface area (Å²) >= 11 is 1.67. The van der Waals surface area contributed by atoms with Gasteiger partial charge >= 0.3 is 17.9 Å². The summed E-state index contributed by atoms with van der Waals surface area (Å²) < 4.78 is 11.0. The summed E-state index contributed by atoms with van der Waals surface area (Å²) in [7, 11) is 0. The van der Waals surface area contributed by atoms with Crippen LogP contribution in [0.4, 0.5) is 0 Å². The Labute approximate surface area is 205 Å². The van der Waals surface area contributed by atoms with E-state index in [0.29, 0.717) is 17.5 Å². The summed E-state index contributed by atoms with van der Waals surface area (Å²) in [4.78, 5) is 33.9. The van der Waals surface area contributed by atoms with Gasteiger partial charge in [0, 0.05) is 6.42 Å². The molecule has 1 N–H and O–H groups in total. The number of carboxylic acid groups (broad SMARTS) is 1. The van der Waals surface area contributed by atoms with Crippen molar-refractivity contribution in [1.29, 1.82) is 0 Å². The first-order valence-electron chi connectivity index (χ1n) is 10.9. The van der Waals surface area contributed by atoms with E-state index in [9.17, 15) is 14.4 Å². The molecule has 0 aliphatic carbocycles. The summed E-state index contributed by atoms with van der Waals surface area (Å²) in [5, 5.41) is 7.97. The molecule has 1 saturated heterocycles. The number of esters is 2. The van der Waals surface area contributed by atoms with E-state index in [1.165, 1.54) is 0 Å². The van der Waals surface area contributed by atoms with Crippen LogP contribution in [0.15, 0.2) is 86.0 Å². The molecule has 0 saturated carbocycles. The van der Waals surface area contributed by atoms with Crippen LogP contribution in [-0.2, 0) is 14.3 Å². The Morgan fingerprint density at radius 3 is 2.00 bits per heavy atom. The van der Waals surface area contributed by atoms with Crippen molar-refractivity contribution in [3.05, 3.63) is 97.1 Å². The normalized spacial score (nSPS) is 15.9. The van der Waals surface area contributed by atoms with Crippen molar-refractivity contribution >= 4 is 29.7 Å². The third-order valence-electron chi connectivity index (χ3n) is 4.37. The zero-order valence-electron chi connectivity index (χ0n) is 19.4. The third kappa shape index (κ3) is 11.5. The van der Waals surface area contributed by atoms with E-state index in [2.05, 4.69) is 13.2 Å². The molecule has 34 heavy (non-hydrogen) atoms. The van der Waals surface area contributed by atoms with Crippen LogP contribution in [0.1, 0.15) is 46.9 Å². The van der Waals surface area contributed by atoms with Gasteiger partial charge in [-0.1, -0.05) is 48.6 Å². The fourth-order valence-electron chi connectivity index (χ4n) is 2.74. The first kappa shape index (κ1) is 28.7. The Morgan fingerprint density at radius 2 is 1.53 bits per heavy atom. The van der Waals surface area contributed by atoms with Crippen LogP contribution in [-0.4, -0.2) is 46.7 Å². The molecule has 7 heteroatoms. The van der Waals surface area contributed by atoms with Gasteiger partial charge in [-0.3, -0.25) is 4.79 Å². The maximum absolute atomic E-state index is 12.2. The number of rotatable bonds is 8. The van der Waals surface area contributed by atoms with E-state index in [-0.39, 0.29) is 36.3 Å². The molecule has 1 aliphatic heterocycles. The van der Waals surface area contributed by atoms with Gasteiger partial charge in [-0.2, -0.15) is 11.8 Å². The van der Waals surface area contributed by atoms with Gasteiger partial charge in [0.15, 0.2) is 0 Å². The predicted molar refractivity (Wildman–Crippen MR) is 136 cm³/mol. The lowest BCUT2D eigenvalue weighted by Gasteiger charge is -2.19. The van der Waals surface area contributed by atoms with E-state index in [1.54, 1.807) is 72.4 Å². The van der Waals surface area contributed by atoms with Gasteiger partial charge in [0.05, 0.1) is 16.4 Å². The Morgan fingerprint density at radius 1 is 1.00 bits per heavy atom. The van der Waals surface area contributed by atoms with Crippen molar-refractivity contribution < 1.29 is 29.0 Å². The molecule has 2 unspecified atom stereocenters. The van der Waals surface area contributed by atoms with Crippen molar-refractivity contribution in [2.24, 2.45) is 0 Å². The van der Waals surface area contributed by atoms with Crippen molar-refractivity contribution in [3.63, 3.8) is 0 Å². The number of hydrogen-bond acceptors (Lipinski definition) is 6. The molecule has 1 aliphatic rings. The molecule has 0 radical (unpaired) electrons. The number of hydrogen-bond donors (Lipinski definition) is 1. The Bertz CT molecular complexity index is 898. The Balaban J connectivity index is 0.000000491. The van der Waals surface area contributed by atoms with E-state index in [4.69, 9.17) is 14.6 Å².